The zero-order valence-electron chi connectivity index (χ0n) is 10.3. The lowest BCUT2D eigenvalue weighted by Crippen LogP contribution is -2.38. The number of hydrogen-bond acceptors (Lipinski definition) is 3. The Bertz CT molecular complexity index is 417. The van der Waals surface area contributed by atoms with Gasteiger partial charge in [-0.2, -0.15) is 0 Å². The summed E-state index contributed by atoms with van der Waals surface area (Å²) in [5, 5.41) is 2.45. The second kappa shape index (κ2) is 6.74. The molecule has 1 aromatic rings. The largest absolute Gasteiger partial charge is 0.318 e. The molecule has 0 aliphatic rings. The predicted molar refractivity (Wildman–Crippen MR) is 70.5 cm³/mol. The molecule has 0 saturated carbocycles. The van der Waals surface area contributed by atoms with E-state index in [1.54, 1.807) is 14.0 Å². The van der Waals surface area contributed by atoms with Crippen molar-refractivity contribution < 1.29 is 8.42 Å². The van der Waals surface area contributed by atoms with Gasteiger partial charge in [0.25, 0.3) is 0 Å². The van der Waals surface area contributed by atoms with Gasteiger partial charge in [-0.3, -0.25) is 0 Å². The average Bonchev–Trinajstić information content (AvgIpc) is 2.30. The molecule has 5 heteroatoms. The van der Waals surface area contributed by atoms with Gasteiger partial charge < -0.3 is 5.32 Å². The van der Waals surface area contributed by atoms with Crippen molar-refractivity contribution in [1.82, 2.24) is 10.0 Å². The van der Waals surface area contributed by atoms with E-state index in [-0.39, 0.29) is 0 Å². The van der Waals surface area contributed by atoms with E-state index in [1.165, 1.54) is 0 Å². The summed E-state index contributed by atoms with van der Waals surface area (Å²) in [4.78, 5) is 0. The fourth-order valence-electron chi connectivity index (χ4n) is 1.52. The maximum absolute atomic E-state index is 11.8. The fourth-order valence-corrected chi connectivity index (χ4v) is 2.58. The number of hydrogen-bond donors (Lipinski definition) is 2. The first-order chi connectivity index (χ1) is 8.06. The molecule has 96 valence electrons. The van der Waals surface area contributed by atoms with Crippen LogP contribution in [0.5, 0.6) is 0 Å². The molecular formula is C12H20N2O2S. The maximum atomic E-state index is 11.8. The minimum Gasteiger partial charge on any atom is -0.318 e. The van der Waals surface area contributed by atoms with Crippen molar-refractivity contribution in [3.63, 3.8) is 0 Å². The van der Waals surface area contributed by atoms with Gasteiger partial charge in [-0.25, -0.2) is 13.1 Å². The quantitative estimate of drug-likeness (QED) is 0.757. The summed E-state index contributed by atoms with van der Waals surface area (Å²) in [5.41, 5.74) is 1.14. The highest BCUT2D eigenvalue weighted by atomic mass is 32.2. The number of sulfonamides is 1. The standard InChI is InChI=1S/C12H20N2O2S/c1-11(10-13-2)17(15,16)14-9-8-12-6-4-3-5-7-12/h3-7,11,13-14H,8-10H2,1-2H3. The van der Waals surface area contributed by atoms with Crippen molar-refractivity contribution in [3.8, 4) is 0 Å². The Morgan fingerprint density at radius 1 is 1.24 bits per heavy atom. The van der Waals surface area contributed by atoms with Crippen LogP contribution in [0.15, 0.2) is 30.3 Å². The minimum atomic E-state index is -3.21. The number of nitrogens with one attached hydrogen (secondary N) is 2. The van der Waals surface area contributed by atoms with Gasteiger partial charge >= 0.3 is 0 Å². The summed E-state index contributed by atoms with van der Waals surface area (Å²) < 4.78 is 26.1. The summed E-state index contributed by atoms with van der Waals surface area (Å²) in [6, 6.07) is 9.83. The first-order valence-corrected chi connectivity index (χ1v) is 7.28. The molecule has 1 aromatic carbocycles. The van der Waals surface area contributed by atoms with Crippen LogP contribution in [-0.4, -0.2) is 33.8 Å². The Kier molecular flexibility index (Phi) is 5.61. The molecule has 0 radical (unpaired) electrons. The van der Waals surface area contributed by atoms with Crippen LogP contribution < -0.4 is 10.0 Å². The second-order valence-corrected chi connectivity index (χ2v) is 6.23. The molecule has 1 atom stereocenters. The van der Waals surface area contributed by atoms with Crippen molar-refractivity contribution in [2.45, 2.75) is 18.6 Å². The lowest BCUT2D eigenvalue weighted by Gasteiger charge is -2.13. The van der Waals surface area contributed by atoms with E-state index in [1.807, 2.05) is 30.3 Å². The summed E-state index contributed by atoms with van der Waals surface area (Å²) in [7, 11) is -1.46. The smallest absolute Gasteiger partial charge is 0.215 e. The first-order valence-electron chi connectivity index (χ1n) is 5.73. The Hall–Kier alpha value is -0.910. The highest BCUT2D eigenvalue weighted by Gasteiger charge is 2.18. The van der Waals surface area contributed by atoms with Crippen LogP contribution in [0, 0.1) is 0 Å². The minimum absolute atomic E-state index is 0.414. The van der Waals surface area contributed by atoms with E-state index in [9.17, 15) is 8.42 Å². The van der Waals surface area contributed by atoms with Gasteiger partial charge in [0, 0.05) is 13.1 Å². The van der Waals surface area contributed by atoms with Gasteiger partial charge in [-0.05, 0) is 26.0 Å². The van der Waals surface area contributed by atoms with Gasteiger partial charge in [0.15, 0.2) is 0 Å². The van der Waals surface area contributed by atoms with E-state index in [0.29, 0.717) is 19.5 Å². The topological polar surface area (TPSA) is 58.2 Å². The van der Waals surface area contributed by atoms with Crippen molar-refractivity contribution in [1.29, 1.82) is 0 Å². The normalized spacial score (nSPS) is 13.5. The van der Waals surface area contributed by atoms with Crippen LogP contribution >= 0.6 is 0 Å². The molecule has 0 spiro atoms. The van der Waals surface area contributed by atoms with Gasteiger partial charge in [0.1, 0.15) is 0 Å². The van der Waals surface area contributed by atoms with Crippen LogP contribution in [0.1, 0.15) is 12.5 Å². The van der Waals surface area contributed by atoms with Crippen molar-refractivity contribution in [2.75, 3.05) is 20.1 Å². The van der Waals surface area contributed by atoms with E-state index in [0.717, 1.165) is 5.56 Å². The molecule has 0 aliphatic carbocycles. The van der Waals surface area contributed by atoms with Gasteiger partial charge in [-0.15, -0.1) is 0 Å². The van der Waals surface area contributed by atoms with E-state index < -0.39 is 15.3 Å². The highest BCUT2D eigenvalue weighted by molar-refractivity contribution is 7.90. The molecule has 2 N–H and O–H groups in total. The Balaban J connectivity index is 2.40. The third-order valence-electron chi connectivity index (χ3n) is 2.58. The van der Waals surface area contributed by atoms with Crippen LogP contribution in [0.25, 0.3) is 0 Å². The van der Waals surface area contributed by atoms with Gasteiger partial charge in [0.2, 0.25) is 10.0 Å². The molecule has 0 bridgehead atoms. The van der Waals surface area contributed by atoms with Crippen LogP contribution in [0.2, 0.25) is 0 Å². The summed E-state index contributed by atoms with van der Waals surface area (Å²) in [5.74, 6) is 0. The Morgan fingerprint density at radius 2 is 1.88 bits per heavy atom. The first kappa shape index (κ1) is 14.2. The number of rotatable bonds is 7. The zero-order chi connectivity index (χ0) is 12.7. The van der Waals surface area contributed by atoms with Crippen molar-refractivity contribution >= 4 is 10.0 Å². The van der Waals surface area contributed by atoms with E-state index in [2.05, 4.69) is 10.0 Å². The van der Waals surface area contributed by atoms with Crippen molar-refractivity contribution in [2.24, 2.45) is 0 Å². The summed E-state index contributed by atoms with van der Waals surface area (Å²) in [6.07, 6.45) is 0.715. The van der Waals surface area contributed by atoms with E-state index in [4.69, 9.17) is 0 Å². The fraction of sp³-hybridized carbons (Fsp3) is 0.500. The average molecular weight is 256 g/mol. The maximum Gasteiger partial charge on any atom is 0.215 e. The summed E-state index contributed by atoms with van der Waals surface area (Å²) in [6.45, 7) is 2.60. The van der Waals surface area contributed by atoms with Gasteiger partial charge in [-0.1, -0.05) is 30.3 Å². The third-order valence-corrected chi connectivity index (χ3v) is 4.41. The van der Waals surface area contributed by atoms with Crippen LogP contribution in [-0.2, 0) is 16.4 Å². The van der Waals surface area contributed by atoms with E-state index >= 15 is 0 Å². The second-order valence-electron chi connectivity index (χ2n) is 4.04. The molecule has 4 nitrogen and oxygen atoms in total. The molecule has 0 aromatic heterocycles. The zero-order valence-corrected chi connectivity index (χ0v) is 11.1. The lowest BCUT2D eigenvalue weighted by atomic mass is 10.2. The molecule has 0 saturated heterocycles. The monoisotopic (exact) mass is 256 g/mol. The lowest BCUT2D eigenvalue weighted by molar-refractivity contribution is 0.564. The molecule has 0 amide bonds. The molecular weight excluding hydrogens is 236 g/mol. The SMILES string of the molecule is CNCC(C)S(=O)(=O)NCCc1ccccc1. The molecule has 0 heterocycles. The molecule has 1 unspecified atom stereocenters. The van der Waals surface area contributed by atoms with Crippen molar-refractivity contribution in [3.05, 3.63) is 35.9 Å². The summed E-state index contributed by atoms with van der Waals surface area (Å²) >= 11 is 0. The van der Waals surface area contributed by atoms with Gasteiger partial charge in [0.05, 0.1) is 5.25 Å². The number of benzene rings is 1. The van der Waals surface area contributed by atoms with Crippen LogP contribution in [0.4, 0.5) is 0 Å². The molecule has 1 rings (SSSR count). The Morgan fingerprint density at radius 3 is 2.47 bits per heavy atom. The molecule has 0 aliphatic heterocycles. The third kappa shape index (κ3) is 4.85. The van der Waals surface area contributed by atoms with Crippen LogP contribution in [0.3, 0.4) is 0 Å². The molecule has 0 fully saturated rings. The Labute approximate surface area is 103 Å². The predicted octanol–water partition coefficient (Wildman–Crippen LogP) is 0.756. The molecule has 17 heavy (non-hydrogen) atoms. The highest BCUT2D eigenvalue weighted by Crippen LogP contribution is 2.00.